The van der Waals surface area contributed by atoms with Crippen molar-refractivity contribution in [1.82, 2.24) is 9.80 Å². The van der Waals surface area contributed by atoms with Crippen LogP contribution in [0.25, 0.3) is 11.1 Å². The van der Waals surface area contributed by atoms with E-state index in [2.05, 4.69) is 5.32 Å². The number of fused-ring (bicyclic) bond motifs is 5. The van der Waals surface area contributed by atoms with Crippen LogP contribution in [0.15, 0.2) is 42.5 Å². The normalized spacial score (nSPS) is 23.8. The van der Waals surface area contributed by atoms with E-state index in [0.717, 1.165) is 22.4 Å². The van der Waals surface area contributed by atoms with Crippen LogP contribution in [0.2, 0.25) is 0 Å². The molecule has 0 aromatic heterocycles. The van der Waals surface area contributed by atoms with Crippen molar-refractivity contribution in [2.24, 2.45) is 0 Å². The number of rotatable bonds is 0. The highest BCUT2D eigenvalue weighted by molar-refractivity contribution is 6.05. The summed E-state index contributed by atoms with van der Waals surface area (Å²) in [5.41, 5.74) is 3.14. The molecule has 3 aliphatic rings. The summed E-state index contributed by atoms with van der Waals surface area (Å²) in [7, 11) is 1.75. The highest BCUT2D eigenvalue weighted by Crippen LogP contribution is 2.43. The zero-order valence-electron chi connectivity index (χ0n) is 21.2. The zero-order valence-corrected chi connectivity index (χ0v) is 21.2. The number of ether oxygens (including phenoxy) is 2. The maximum absolute atomic E-state index is 13.5. The zero-order chi connectivity index (χ0) is 25.6. The molecule has 5 rings (SSSR count). The molecule has 1 saturated heterocycles. The smallest absolute Gasteiger partial charge is 0.411 e. The Morgan fingerprint density at radius 1 is 1.14 bits per heavy atom. The molecular formula is C28H33N3O5. The number of nitrogens with zero attached hydrogens (tertiary/aromatic N) is 2. The number of amides is 3. The quantitative estimate of drug-likeness (QED) is 0.590. The minimum absolute atomic E-state index is 0.0155. The second-order valence-corrected chi connectivity index (χ2v) is 10.9. The molecule has 4 bridgehead atoms. The van der Waals surface area contributed by atoms with Gasteiger partial charge >= 0.3 is 6.09 Å². The Morgan fingerprint density at radius 3 is 2.69 bits per heavy atom. The number of hydrogen-bond donors (Lipinski definition) is 1. The molecule has 1 N–H and O–H groups in total. The van der Waals surface area contributed by atoms with Crippen molar-refractivity contribution in [3.8, 4) is 16.9 Å². The molecule has 0 radical (unpaired) electrons. The lowest BCUT2D eigenvalue weighted by Gasteiger charge is -2.30. The van der Waals surface area contributed by atoms with Crippen LogP contribution in [0.5, 0.6) is 5.75 Å². The maximum atomic E-state index is 13.5. The van der Waals surface area contributed by atoms with Crippen molar-refractivity contribution in [3.63, 3.8) is 0 Å². The van der Waals surface area contributed by atoms with Crippen LogP contribution in [0.3, 0.4) is 0 Å². The van der Waals surface area contributed by atoms with Gasteiger partial charge in [0.1, 0.15) is 23.5 Å². The summed E-state index contributed by atoms with van der Waals surface area (Å²) in [6.07, 6.45) is 0.801. The first-order chi connectivity index (χ1) is 17.1. The van der Waals surface area contributed by atoms with Crippen molar-refractivity contribution < 1.29 is 23.9 Å². The fourth-order valence-electron chi connectivity index (χ4n) is 5.39. The third kappa shape index (κ3) is 4.64. The van der Waals surface area contributed by atoms with E-state index in [4.69, 9.17) is 9.47 Å². The van der Waals surface area contributed by atoms with Gasteiger partial charge in [-0.15, -0.1) is 0 Å². The summed E-state index contributed by atoms with van der Waals surface area (Å²) >= 11 is 0. The van der Waals surface area contributed by atoms with Gasteiger partial charge in [0.2, 0.25) is 11.8 Å². The van der Waals surface area contributed by atoms with Gasteiger partial charge in [0.05, 0.1) is 12.5 Å². The molecule has 3 atom stereocenters. The van der Waals surface area contributed by atoms with E-state index < -0.39 is 17.7 Å². The molecule has 8 heteroatoms. The standard InChI is InChI=1S/C28H33N3O5/c1-28(2,3)36-27(34)31-16-19-15-23(31)26(33)30(4)13-7-11-21-24-20(10-6-12-22(24)29-25(21)32)17-8-5-9-18(14-17)35-19/h5-6,8-10,12,14,19,21,23H,7,11,13,15-16H2,1-4H3,(H,29,32)/t19-,21?,23-/m0/s1. The van der Waals surface area contributed by atoms with Gasteiger partial charge < -0.3 is 19.7 Å². The van der Waals surface area contributed by atoms with Gasteiger partial charge in [0, 0.05) is 25.7 Å². The van der Waals surface area contributed by atoms with Crippen molar-refractivity contribution >= 4 is 23.6 Å². The van der Waals surface area contributed by atoms with E-state index in [1.165, 1.54) is 4.90 Å². The minimum Gasteiger partial charge on any atom is -0.488 e. The SMILES string of the molecule is CN1CCCC2C(=O)Nc3cccc(c32)-c2cccc(c2)O[C@H]2C[C@@H](C1=O)N(C(=O)OC(C)(C)C)C2. The average molecular weight is 492 g/mol. The van der Waals surface area contributed by atoms with Crippen molar-refractivity contribution in [2.45, 2.75) is 63.7 Å². The third-order valence-corrected chi connectivity index (χ3v) is 7.02. The second kappa shape index (κ2) is 9.15. The van der Waals surface area contributed by atoms with E-state index in [1.807, 2.05) is 63.2 Å². The second-order valence-electron chi connectivity index (χ2n) is 10.9. The Morgan fingerprint density at radius 2 is 1.92 bits per heavy atom. The summed E-state index contributed by atoms with van der Waals surface area (Å²) in [5, 5.41) is 3.02. The maximum Gasteiger partial charge on any atom is 0.411 e. The van der Waals surface area contributed by atoms with Gasteiger partial charge in [-0.05, 0) is 68.5 Å². The summed E-state index contributed by atoms with van der Waals surface area (Å²) in [6.45, 7) is 6.18. The first kappa shape index (κ1) is 24.2. The summed E-state index contributed by atoms with van der Waals surface area (Å²) in [6, 6.07) is 13.0. The Hall–Kier alpha value is -3.55. The lowest BCUT2D eigenvalue weighted by molar-refractivity contribution is -0.134. The molecule has 190 valence electrons. The Balaban J connectivity index is 1.51. The third-order valence-electron chi connectivity index (χ3n) is 7.02. The predicted octanol–water partition coefficient (Wildman–Crippen LogP) is 4.40. The number of likely N-dealkylation sites (N-methyl/N-ethyl adjacent to an activating group) is 1. The molecule has 2 aromatic rings. The van der Waals surface area contributed by atoms with Crippen LogP contribution in [0.4, 0.5) is 10.5 Å². The Bertz CT molecular complexity index is 1200. The van der Waals surface area contributed by atoms with Gasteiger partial charge in [-0.1, -0.05) is 24.3 Å². The van der Waals surface area contributed by atoms with E-state index in [0.29, 0.717) is 31.6 Å². The molecule has 0 saturated carbocycles. The topological polar surface area (TPSA) is 88.2 Å². The van der Waals surface area contributed by atoms with Gasteiger partial charge in [0.15, 0.2) is 0 Å². The van der Waals surface area contributed by atoms with Gasteiger partial charge in [-0.25, -0.2) is 4.79 Å². The number of likely N-dealkylation sites (tertiary alicyclic amines) is 1. The molecule has 3 aliphatic heterocycles. The highest BCUT2D eigenvalue weighted by atomic mass is 16.6. The molecule has 8 nitrogen and oxygen atoms in total. The van der Waals surface area contributed by atoms with Crippen molar-refractivity contribution in [2.75, 3.05) is 25.5 Å². The van der Waals surface area contributed by atoms with Gasteiger partial charge in [0.25, 0.3) is 0 Å². The molecule has 0 spiro atoms. The molecular weight excluding hydrogens is 458 g/mol. The van der Waals surface area contributed by atoms with Crippen LogP contribution >= 0.6 is 0 Å². The first-order valence-corrected chi connectivity index (χ1v) is 12.6. The Labute approximate surface area is 211 Å². The lowest BCUT2D eigenvalue weighted by Crippen LogP contribution is -2.48. The predicted molar refractivity (Wildman–Crippen MR) is 136 cm³/mol. The Kier molecular flexibility index (Phi) is 6.14. The molecule has 3 heterocycles. The molecule has 36 heavy (non-hydrogen) atoms. The number of benzene rings is 2. The number of carbonyl (C=O) groups excluding carboxylic acids is 3. The first-order valence-electron chi connectivity index (χ1n) is 12.6. The van der Waals surface area contributed by atoms with Gasteiger partial charge in [-0.3, -0.25) is 14.5 Å². The largest absolute Gasteiger partial charge is 0.488 e. The monoisotopic (exact) mass is 491 g/mol. The van der Waals surface area contributed by atoms with E-state index in [-0.39, 0.29) is 30.4 Å². The van der Waals surface area contributed by atoms with E-state index in [1.54, 1.807) is 11.9 Å². The van der Waals surface area contributed by atoms with Crippen LogP contribution in [0, 0.1) is 0 Å². The van der Waals surface area contributed by atoms with E-state index in [9.17, 15) is 14.4 Å². The highest BCUT2D eigenvalue weighted by Gasteiger charge is 2.44. The molecule has 0 aliphatic carbocycles. The average Bonchev–Trinajstić information content (AvgIpc) is 3.37. The fourth-order valence-corrected chi connectivity index (χ4v) is 5.39. The number of carbonyl (C=O) groups is 3. The van der Waals surface area contributed by atoms with Crippen LogP contribution in [-0.2, 0) is 14.3 Å². The summed E-state index contributed by atoms with van der Waals surface area (Å²) < 4.78 is 11.9. The van der Waals surface area contributed by atoms with Crippen molar-refractivity contribution in [3.05, 3.63) is 48.0 Å². The molecule has 1 unspecified atom stereocenters. The van der Waals surface area contributed by atoms with Crippen molar-refractivity contribution in [1.29, 1.82) is 0 Å². The van der Waals surface area contributed by atoms with E-state index >= 15 is 0 Å². The lowest BCUT2D eigenvalue weighted by atomic mass is 9.88. The van der Waals surface area contributed by atoms with Crippen LogP contribution in [-0.4, -0.2) is 65.6 Å². The molecule has 3 amide bonds. The summed E-state index contributed by atoms with van der Waals surface area (Å²) in [4.78, 5) is 42.5. The van der Waals surface area contributed by atoms with Gasteiger partial charge in [-0.2, -0.15) is 0 Å². The van der Waals surface area contributed by atoms with Crippen LogP contribution < -0.4 is 10.1 Å². The van der Waals surface area contributed by atoms with Crippen LogP contribution in [0.1, 0.15) is 51.5 Å². The minimum atomic E-state index is -0.672. The molecule has 2 aromatic carbocycles. The molecule has 1 fully saturated rings. The fraction of sp³-hybridized carbons (Fsp3) is 0.464. The summed E-state index contributed by atoms with van der Waals surface area (Å²) in [5.74, 6) is 0.208. The number of anilines is 1. The number of nitrogens with one attached hydrogen (secondary N) is 1. The number of hydrogen-bond acceptors (Lipinski definition) is 5.